The first kappa shape index (κ1) is 43.2. The molecule has 1 atom stereocenters. The molecule has 0 bridgehead atoms. The number of aldehydes is 1. The maximum atomic E-state index is 15.4. The van der Waals surface area contributed by atoms with E-state index < -0.39 is 35.4 Å². The number of imide groups is 1. The van der Waals surface area contributed by atoms with Crippen molar-refractivity contribution in [1.29, 1.82) is 0 Å². The lowest BCUT2D eigenvalue weighted by molar-refractivity contribution is -0.132. The molecule has 5 heterocycles. The second-order valence-electron chi connectivity index (χ2n) is 16.2. The van der Waals surface area contributed by atoms with Crippen molar-refractivity contribution in [3.63, 3.8) is 0 Å². The number of nitrogens with two attached hydrogens (primary N) is 1. The van der Waals surface area contributed by atoms with Crippen LogP contribution in [0.1, 0.15) is 83.7 Å². The first-order valence-electron chi connectivity index (χ1n) is 21.4. The summed E-state index contributed by atoms with van der Waals surface area (Å²) < 4.78 is 38.1. The van der Waals surface area contributed by atoms with Gasteiger partial charge in [0.25, 0.3) is 11.8 Å². The molecule has 5 aromatic rings. The van der Waals surface area contributed by atoms with E-state index in [9.17, 15) is 24.0 Å². The van der Waals surface area contributed by atoms with E-state index in [1.54, 1.807) is 42.7 Å². The fraction of sp³-hybridized carbons (Fsp3) is 0.391. The SMILES string of the molecule is NC(=O)C(CCC=O)N1C(=O)c2ccc(NCCCCCC(=O)N3CCC(n4cc(-c5cnc6cccc(-c7cc(F)c(CN8CCOCC8)c(F)c7)c6n5)cn4)CC3)cc2C1=O. The zero-order valence-corrected chi connectivity index (χ0v) is 34.8. The molecule has 0 saturated carbocycles. The van der Waals surface area contributed by atoms with Crippen LogP contribution in [0, 0.1) is 11.6 Å². The summed E-state index contributed by atoms with van der Waals surface area (Å²) in [5.41, 5.74) is 9.93. The van der Waals surface area contributed by atoms with E-state index >= 15 is 8.78 Å². The van der Waals surface area contributed by atoms with Crippen LogP contribution in [-0.4, -0.2) is 116 Å². The molecule has 1 unspecified atom stereocenters. The van der Waals surface area contributed by atoms with Crippen LogP contribution < -0.4 is 11.1 Å². The van der Waals surface area contributed by atoms with E-state index in [0.29, 0.717) is 92.2 Å². The molecule has 4 amide bonds. The molecular weight excluding hydrogens is 813 g/mol. The topological polar surface area (TPSA) is 186 Å². The maximum Gasteiger partial charge on any atom is 0.262 e. The summed E-state index contributed by atoms with van der Waals surface area (Å²) in [5.74, 6) is -3.16. The largest absolute Gasteiger partial charge is 0.385 e. The highest BCUT2D eigenvalue weighted by molar-refractivity contribution is 6.23. The third-order valence-corrected chi connectivity index (χ3v) is 12.1. The summed E-state index contributed by atoms with van der Waals surface area (Å²) in [6, 6.07) is 11.9. The smallest absolute Gasteiger partial charge is 0.262 e. The van der Waals surface area contributed by atoms with Gasteiger partial charge in [-0.05, 0) is 74.1 Å². The zero-order chi connectivity index (χ0) is 44.0. The van der Waals surface area contributed by atoms with Crippen LogP contribution in [-0.2, 0) is 25.7 Å². The van der Waals surface area contributed by atoms with Crippen LogP contribution in [0.2, 0.25) is 0 Å². The van der Waals surface area contributed by atoms with Gasteiger partial charge in [-0.1, -0.05) is 18.6 Å². The second-order valence-corrected chi connectivity index (χ2v) is 16.2. The van der Waals surface area contributed by atoms with E-state index in [0.717, 1.165) is 42.6 Å². The fourth-order valence-electron chi connectivity index (χ4n) is 8.59. The van der Waals surface area contributed by atoms with Crippen molar-refractivity contribution in [2.45, 2.75) is 70.0 Å². The summed E-state index contributed by atoms with van der Waals surface area (Å²) in [5, 5.41) is 7.91. The number of nitrogens with zero attached hydrogens (tertiary/aromatic N) is 7. The van der Waals surface area contributed by atoms with Crippen molar-refractivity contribution < 1.29 is 37.5 Å². The molecule has 0 aliphatic carbocycles. The Hall–Kier alpha value is -6.46. The number of amides is 4. The Morgan fingerprint density at radius 1 is 0.905 bits per heavy atom. The van der Waals surface area contributed by atoms with Gasteiger partial charge >= 0.3 is 0 Å². The number of rotatable bonds is 17. The van der Waals surface area contributed by atoms with Gasteiger partial charge in [-0.15, -0.1) is 0 Å². The van der Waals surface area contributed by atoms with Gasteiger partial charge in [0, 0.05) is 80.7 Å². The summed E-state index contributed by atoms with van der Waals surface area (Å²) >= 11 is 0. The molecule has 0 spiro atoms. The highest BCUT2D eigenvalue weighted by Gasteiger charge is 2.42. The molecule has 2 saturated heterocycles. The van der Waals surface area contributed by atoms with Gasteiger partial charge < -0.3 is 25.5 Å². The number of morpholine rings is 1. The second kappa shape index (κ2) is 19.3. The number of piperidine rings is 1. The van der Waals surface area contributed by atoms with E-state index in [1.165, 1.54) is 12.1 Å². The van der Waals surface area contributed by atoms with Gasteiger partial charge in [0.2, 0.25) is 11.8 Å². The molecule has 3 N–H and O–H groups in total. The van der Waals surface area contributed by atoms with Gasteiger partial charge in [0.05, 0.1) is 59.5 Å². The number of carbonyl (C=O) groups excluding carboxylic acids is 5. The van der Waals surface area contributed by atoms with Crippen LogP contribution in [0.5, 0.6) is 0 Å². The Balaban J connectivity index is 0.801. The highest BCUT2D eigenvalue weighted by atomic mass is 19.1. The third-order valence-electron chi connectivity index (χ3n) is 12.1. The monoisotopic (exact) mass is 861 g/mol. The number of hydrogen-bond acceptors (Lipinski definition) is 11. The number of halogens is 2. The number of para-hydroxylation sites is 1. The van der Waals surface area contributed by atoms with Gasteiger partial charge in [0.15, 0.2) is 0 Å². The van der Waals surface area contributed by atoms with Gasteiger partial charge in [0.1, 0.15) is 24.0 Å². The van der Waals surface area contributed by atoms with Crippen molar-refractivity contribution in [2.75, 3.05) is 51.3 Å². The number of fused-ring (bicyclic) bond motifs is 2. The minimum Gasteiger partial charge on any atom is -0.385 e. The molecular formula is C46H49F2N9O6. The number of anilines is 1. The number of unbranched alkanes of at least 4 members (excludes halogenated alkanes) is 2. The van der Waals surface area contributed by atoms with E-state index in [4.69, 9.17) is 15.5 Å². The molecule has 3 aliphatic rings. The Labute approximate surface area is 362 Å². The van der Waals surface area contributed by atoms with Crippen LogP contribution in [0.15, 0.2) is 67.1 Å². The lowest BCUT2D eigenvalue weighted by Gasteiger charge is -2.32. The predicted octanol–water partition coefficient (Wildman–Crippen LogP) is 5.54. The summed E-state index contributed by atoms with van der Waals surface area (Å²) in [6.45, 7) is 4.32. The minimum atomic E-state index is -1.20. The standard InChI is InChI=1S/C46H49F2N9O6/c47-37-22-29(23-38(48)36(37)28-54-17-20-63-21-18-54)33-6-4-7-39-43(33)53-40(26-51-39)30-25-52-56(27-30)32-12-15-55(16-13-32)42(59)9-2-1-3-14-50-31-10-11-34-35(24-31)46(62)57(45(34)61)41(44(49)60)8-5-19-58/h4,6-7,10-11,19,22-27,32,41,50H,1-3,5,8-9,12-18,20-21,28H2,(H2,49,60). The van der Waals surface area contributed by atoms with Crippen molar-refractivity contribution in [3.05, 3.63) is 95.4 Å². The molecule has 0 radical (unpaired) electrons. The van der Waals surface area contributed by atoms with Gasteiger partial charge in [-0.2, -0.15) is 5.10 Å². The van der Waals surface area contributed by atoms with E-state index in [1.807, 2.05) is 26.7 Å². The average Bonchev–Trinajstić information content (AvgIpc) is 3.88. The fourth-order valence-corrected chi connectivity index (χ4v) is 8.59. The number of likely N-dealkylation sites (tertiary alicyclic amines) is 1. The molecule has 8 rings (SSSR count). The summed E-state index contributed by atoms with van der Waals surface area (Å²) in [4.78, 5) is 76.2. The lowest BCUT2D eigenvalue weighted by atomic mass is 10.0. The van der Waals surface area contributed by atoms with E-state index in [-0.39, 0.29) is 48.0 Å². The Bertz CT molecular complexity index is 2510. The van der Waals surface area contributed by atoms with Crippen molar-refractivity contribution in [1.82, 2.24) is 34.4 Å². The predicted molar refractivity (Wildman–Crippen MR) is 229 cm³/mol. The third kappa shape index (κ3) is 9.49. The quantitative estimate of drug-likeness (QED) is 0.0680. The van der Waals surface area contributed by atoms with Crippen LogP contribution in [0.4, 0.5) is 14.5 Å². The molecule has 2 fully saturated rings. The number of hydrogen-bond donors (Lipinski definition) is 2. The number of ether oxygens (including phenoxy) is 1. The number of carbonyl (C=O) groups is 5. The molecule has 3 aliphatic heterocycles. The van der Waals surface area contributed by atoms with Crippen LogP contribution in [0.3, 0.4) is 0 Å². The molecule has 63 heavy (non-hydrogen) atoms. The van der Waals surface area contributed by atoms with Gasteiger partial charge in [-0.25, -0.2) is 13.8 Å². The molecule has 15 nitrogen and oxygen atoms in total. The molecule has 328 valence electrons. The lowest BCUT2D eigenvalue weighted by Crippen LogP contribution is -2.47. The first-order valence-corrected chi connectivity index (χ1v) is 21.4. The van der Waals surface area contributed by atoms with Crippen molar-refractivity contribution in [3.8, 4) is 22.4 Å². The first-order chi connectivity index (χ1) is 30.6. The Morgan fingerprint density at radius 2 is 1.67 bits per heavy atom. The number of primary amides is 1. The van der Waals surface area contributed by atoms with Gasteiger partial charge in [-0.3, -0.25) is 38.6 Å². The Kier molecular flexibility index (Phi) is 13.2. The van der Waals surface area contributed by atoms with Crippen LogP contribution >= 0.6 is 0 Å². The number of aromatic nitrogens is 4. The summed E-state index contributed by atoms with van der Waals surface area (Å²) in [7, 11) is 0. The molecule has 3 aromatic carbocycles. The molecule has 17 heteroatoms. The number of nitrogens with one attached hydrogen (secondary N) is 1. The average molecular weight is 862 g/mol. The maximum absolute atomic E-state index is 15.4. The minimum absolute atomic E-state index is 0.00906. The summed E-state index contributed by atoms with van der Waals surface area (Å²) in [6.07, 6.45) is 10.2. The highest BCUT2D eigenvalue weighted by Crippen LogP contribution is 2.33. The van der Waals surface area contributed by atoms with Crippen molar-refractivity contribution in [2.24, 2.45) is 5.73 Å². The van der Waals surface area contributed by atoms with E-state index in [2.05, 4.69) is 15.4 Å². The van der Waals surface area contributed by atoms with Crippen LogP contribution in [0.25, 0.3) is 33.4 Å². The van der Waals surface area contributed by atoms with Crippen molar-refractivity contribution >= 4 is 46.6 Å². The normalized spacial score (nSPS) is 16.4. The zero-order valence-electron chi connectivity index (χ0n) is 34.8. The number of benzene rings is 3. The Morgan fingerprint density at radius 3 is 2.41 bits per heavy atom. The molecule has 2 aromatic heterocycles.